The number of nitrogens with zero attached hydrogens (tertiary/aromatic N) is 1. The van der Waals surface area contributed by atoms with Crippen LogP contribution in [0.5, 0.6) is 17.2 Å². The zero-order chi connectivity index (χ0) is 19.1. The number of hydrogen-bond donors (Lipinski definition) is 2. The molecule has 0 saturated carbocycles. The predicted octanol–water partition coefficient (Wildman–Crippen LogP) is 1.78. The molecule has 8 nitrogen and oxygen atoms in total. The monoisotopic (exact) mass is 359 g/mol. The second-order valence-corrected chi connectivity index (χ2v) is 5.31. The first kappa shape index (κ1) is 19.0. The fourth-order valence-electron chi connectivity index (χ4n) is 2.27. The van der Waals surface area contributed by atoms with E-state index in [-0.39, 0.29) is 18.0 Å². The summed E-state index contributed by atoms with van der Waals surface area (Å²) in [5.41, 5.74) is 1.11. The molecule has 0 radical (unpaired) electrons. The number of carbonyl (C=O) groups is 2. The summed E-state index contributed by atoms with van der Waals surface area (Å²) in [7, 11) is 4.40. The number of pyridine rings is 1. The molecule has 0 bridgehead atoms. The van der Waals surface area contributed by atoms with Gasteiger partial charge in [-0.25, -0.2) is 4.98 Å². The lowest BCUT2D eigenvalue weighted by atomic mass is 10.1. The lowest BCUT2D eigenvalue weighted by Crippen LogP contribution is -2.33. The van der Waals surface area contributed by atoms with Gasteiger partial charge in [-0.3, -0.25) is 9.59 Å². The van der Waals surface area contributed by atoms with Crippen LogP contribution in [0.1, 0.15) is 15.9 Å². The Bertz CT molecular complexity index is 782. The minimum absolute atomic E-state index is 0.203. The molecule has 0 unspecified atom stereocenters. The number of amides is 2. The Hall–Kier alpha value is -3.29. The molecule has 2 N–H and O–H groups in total. The van der Waals surface area contributed by atoms with E-state index >= 15 is 0 Å². The molecule has 1 aromatic heterocycles. The van der Waals surface area contributed by atoms with Crippen LogP contribution in [-0.4, -0.2) is 44.7 Å². The van der Waals surface area contributed by atoms with E-state index in [0.29, 0.717) is 23.1 Å². The summed E-state index contributed by atoms with van der Waals surface area (Å²) in [6.07, 6.45) is 1.58. The SMILES string of the molecule is COc1cc(C(=O)NCC(=O)Nc2ncccc2C)cc(OC)c1OC. The standard InChI is InChI=1S/C18H21N3O5/c1-11-6-5-7-19-17(11)21-15(22)10-20-18(23)12-8-13(24-2)16(26-4)14(9-12)25-3/h5-9H,10H2,1-4H3,(H,20,23)(H,19,21,22). The molecular formula is C18H21N3O5. The van der Waals surface area contributed by atoms with Gasteiger partial charge in [0.25, 0.3) is 5.91 Å². The van der Waals surface area contributed by atoms with Crippen LogP contribution in [-0.2, 0) is 4.79 Å². The van der Waals surface area contributed by atoms with Crippen molar-refractivity contribution < 1.29 is 23.8 Å². The molecule has 0 saturated heterocycles. The van der Waals surface area contributed by atoms with Gasteiger partial charge in [-0.2, -0.15) is 0 Å². The van der Waals surface area contributed by atoms with Crippen LogP contribution in [0, 0.1) is 6.92 Å². The number of nitrogens with one attached hydrogen (secondary N) is 2. The number of benzene rings is 1. The molecule has 0 fully saturated rings. The van der Waals surface area contributed by atoms with Crippen molar-refractivity contribution in [2.75, 3.05) is 33.2 Å². The Labute approximate surface area is 151 Å². The van der Waals surface area contributed by atoms with Crippen molar-refractivity contribution in [2.45, 2.75) is 6.92 Å². The number of anilines is 1. The average molecular weight is 359 g/mol. The Morgan fingerprint density at radius 1 is 1.08 bits per heavy atom. The van der Waals surface area contributed by atoms with E-state index in [4.69, 9.17) is 14.2 Å². The van der Waals surface area contributed by atoms with Crippen molar-refractivity contribution in [3.8, 4) is 17.2 Å². The molecule has 26 heavy (non-hydrogen) atoms. The van der Waals surface area contributed by atoms with Crippen LogP contribution >= 0.6 is 0 Å². The smallest absolute Gasteiger partial charge is 0.251 e. The van der Waals surface area contributed by atoms with Crippen molar-refractivity contribution in [1.82, 2.24) is 10.3 Å². The minimum atomic E-state index is -0.447. The van der Waals surface area contributed by atoms with Gasteiger partial charge < -0.3 is 24.8 Å². The van der Waals surface area contributed by atoms with Crippen LogP contribution in [0.15, 0.2) is 30.5 Å². The molecule has 1 aromatic carbocycles. The Morgan fingerprint density at radius 2 is 1.73 bits per heavy atom. The lowest BCUT2D eigenvalue weighted by Gasteiger charge is -2.14. The second-order valence-electron chi connectivity index (χ2n) is 5.31. The summed E-state index contributed by atoms with van der Waals surface area (Å²) < 4.78 is 15.6. The van der Waals surface area contributed by atoms with E-state index in [1.165, 1.54) is 33.5 Å². The van der Waals surface area contributed by atoms with E-state index in [9.17, 15) is 9.59 Å². The average Bonchev–Trinajstić information content (AvgIpc) is 2.66. The van der Waals surface area contributed by atoms with E-state index in [1.807, 2.05) is 13.0 Å². The normalized spacial score (nSPS) is 10.0. The zero-order valence-electron chi connectivity index (χ0n) is 15.1. The molecule has 8 heteroatoms. The Morgan fingerprint density at radius 3 is 2.27 bits per heavy atom. The molecule has 0 atom stereocenters. The third-order valence-corrected chi connectivity index (χ3v) is 3.60. The molecule has 0 aliphatic carbocycles. The topological polar surface area (TPSA) is 98.8 Å². The molecule has 2 rings (SSSR count). The highest BCUT2D eigenvalue weighted by Crippen LogP contribution is 2.38. The summed E-state index contributed by atoms with van der Waals surface area (Å²) >= 11 is 0. The summed E-state index contributed by atoms with van der Waals surface area (Å²) in [6, 6.07) is 6.63. The number of methoxy groups -OCH3 is 3. The maximum absolute atomic E-state index is 12.3. The molecule has 0 aliphatic heterocycles. The van der Waals surface area contributed by atoms with Crippen LogP contribution in [0.3, 0.4) is 0 Å². The van der Waals surface area contributed by atoms with E-state index in [1.54, 1.807) is 12.3 Å². The first-order valence-corrected chi connectivity index (χ1v) is 7.79. The lowest BCUT2D eigenvalue weighted by molar-refractivity contribution is -0.115. The van der Waals surface area contributed by atoms with Crippen molar-refractivity contribution in [3.63, 3.8) is 0 Å². The van der Waals surface area contributed by atoms with Crippen molar-refractivity contribution in [1.29, 1.82) is 0 Å². The summed E-state index contributed by atoms with van der Waals surface area (Å²) in [5.74, 6) is 0.718. The molecule has 0 spiro atoms. The quantitative estimate of drug-likeness (QED) is 0.782. The number of aryl methyl sites for hydroxylation is 1. The first-order chi connectivity index (χ1) is 12.5. The van der Waals surface area contributed by atoms with Gasteiger partial charge in [0.1, 0.15) is 5.82 Å². The number of ether oxygens (including phenoxy) is 3. The van der Waals surface area contributed by atoms with Gasteiger partial charge in [-0.1, -0.05) is 6.07 Å². The van der Waals surface area contributed by atoms with Crippen molar-refractivity contribution in [2.24, 2.45) is 0 Å². The van der Waals surface area contributed by atoms with E-state index < -0.39 is 5.91 Å². The summed E-state index contributed by atoms with van der Waals surface area (Å²) in [6.45, 7) is 1.63. The predicted molar refractivity (Wildman–Crippen MR) is 96.0 cm³/mol. The number of rotatable bonds is 7. The van der Waals surface area contributed by atoms with Crippen molar-refractivity contribution >= 4 is 17.6 Å². The van der Waals surface area contributed by atoms with Crippen LogP contribution in [0.2, 0.25) is 0 Å². The third-order valence-electron chi connectivity index (χ3n) is 3.60. The van der Waals surface area contributed by atoms with Crippen LogP contribution in [0.25, 0.3) is 0 Å². The van der Waals surface area contributed by atoms with Gasteiger partial charge in [0.15, 0.2) is 11.5 Å². The molecule has 138 valence electrons. The molecule has 2 amide bonds. The maximum Gasteiger partial charge on any atom is 0.251 e. The maximum atomic E-state index is 12.3. The fourth-order valence-corrected chi connectivity index (χ4v) is 2.27. The molecular weight excluding hydrogens is 338 g/mol. The van der Waals surface area contributed by atoms with Crippen LogP contribution in [0.4, 0.5) is 5.82 Å². The molecule has 1 heterocycles. The van der Waals surface area contributed by atoms with Gasteiger partial charge >= 0.3 is 0 Å². The summed E-state index contributed by atoms with van der Waals surface area (Å²) in [4.78, 5) is 28.4. The van der Waals surface area contributed by atoms with Gasteiger partial charge in [0.2, 0.25) is 11.7 Å². The highest BCUT2D eigenvalue weighted by Gasteiger charge is 2.17. The van der Waals surface area contributed by atoms with Gasteiger partial charge in [-0.05, 0) is 30.7 Å². The Balaban J connectivity index is 2.05. The Kier molecular flexibility index (Phi) is 6.37. The van der Waals surface area contributed by atoms with Crippen LogP contribution < -0.4 is 24.8 Å². The highest BCUT2D eigenvalue weighted by molar-refractivity contribution is 6.00. The third kappa shape index (κ3) is 4.41. The molecule has 0 aliphatic rings. The fraction of sp³-hybridized carbons (Fsp3) is 0.278. The first-order valence-electron chi connectivity index (χ1n) is 7.79. The van der Waals surface area contributed by atoms with Crippen molar-refractivity contribution in [3.05, 3.63) is 41.6 Å². The van der Waals surface area contributed by atoms with Gasteiger partial charge in [-0.15, -0.1) is 0 Å². The minimum Gasteiger partial charge on any atom is -0.493 e. The highest BCUT2D eigenvalue weighted by atomic mass is 16.5. The van der Waals surface area contributed by atoms with E-state index in [0.717, 1.165) is 5.56 Å². The number of hydrogen-bond acceptors (Lipinski definition) is 6. The van der Waals surface area contributed by atoms with E-state index in [2.05, 4.69) is 15.6 Å². The van der Waals surface area contributed by atoms with Gasteiger partial charge in [0.05, 0.1) is 27.9 Å². The van der Waals surface area contributed by atoms with Gasteiger partial charge in [0, 0.05) is 11.8 Å². The summed E-state index contributed by atoms with van der Waals surface area (Å²) in [5, 5.41) is 5.19. The second kappa shape index (κ2) is 8.70. The zero-order valence-corrected chi connectivity index (χ0v) is 15.1. The molecule has 2 aromatic rings. The largest absolute Gasteiger partial charge is 0.493 e. The number of aromatic nitrogens is 1. The number of carbonyl (C=O) groups excluding carboxylic acids is 2.